The van der Waals surface area contributed by atoms with E-state index in [2.05, 4.69) is 400 Å². The molecule has 0 radical (unpaired) electrons. The fourth-order valence-corrected chi connectivity index (χ4v) is 20.5. The van der Waals surface area contributed by atoms with Gasteiger partial charge in [0.25, 0.3) is 0 Å². The summed E-state index contributed by atoms with van der Waals surface area (Å²) in [5.74, 6) is 0. The molecule has 1 aliphatic carbocycles. The predicted octanol–water partition coefficient (Wildman–Crippen LogP) is 30.8. The molecule has 0 spiro atoms. The predicted molar refractivity (Wildman–Crippen MR) is 475 cm³/mol. The fourth-order valence-electron chi connectivity index (χ4n) is 19.2. The van der Waals surface area contributed by atoms with E-state index in [4.69, 9.17) is 8.83 Å². The molecule has 0 bridgehead atoms. The van der Waals surface area contributed by atoms with Crippen LogP contribution in [0.4, 0.5) is 0 Å². The molecule has 0 fully saturated rings. The monoisotopic (exact) mass is 1440 g/mol. The van der Waals surface area contributed by atoms with E-state index >= 15 is 0 Å². The molecule has 1 aliphatic rings. The molecule has 112 heavy (non-hydrogen) atoms. The molecule has 0 amide bonds. The Kier molecular flexibility index (Phi) is 14.5. The molecule has 3 heterocycles. The van der Waals surface area contributed by atoms with Gasteiger partial charge in [-0.25, -0.2) is 0 Å². The van der Waals surface area contributed by atoms with E-state index in [1.807, 2.05) is 11.3 Å². The Bertz CT molecular complexity index is 7670. The first-order valence-electron chi connectivity index (χ1n) is 38.6. The summed E-state index contributed by atoms with van der Waals surface area (Å²) < 4.78 is 16.5. The first-order chi connectivity index (χ1) is 55.6. The van der Waals surface area contributed by atoms with Gasteiger partial charge in [-0.3, -0.25) is 0 Å². The molecule has 0 aliphatic heterocycles. The lowest BCUT2D eigenvalue weighted by Gasteiger charge is -2.34. The Morgan fingerprint density at radius 3 is 1.10 bits per heavy atom. The van der Waals surface area contributed by atoms with Gasteiger partial charge in [0.15, 0.2) is 0 Å². The van der Waals surface area contributed by atoms with Crippen LogP contribution in [0.5, 0.6) is 0 Å². The van der Waals surface area contributed by atoms with Crippen molar-refractivity contribution in [1.82, 2.24) is 0 Å². The van der Waals surface area contributed by atoms with Gasteiger partial charge in [-0.2, -0.15) is 0 Å². The quantitative estimate of drug-likeness (QED) is 0.142. The average Bonchev–Trinajstić information content (AvgIpc) is 1.14. The van der Waals surface area contributed by atoms with Gasteiger partial charge in [0, 0.05) is 58.4 Å². The van der Waals surface area contributed by atoms with Crippen LogP contribution in [0, 0.1) is 0 Å². The van der Waals surface area contributed by atoms with Crippen molar-refractivity contribution in [1.29, 1.82) is 0 Å². The summed E-state index contributed by atoms with van der Waals surface area (Å²) in [6.07, 6.45) is 0. The summed E-state index contributed by atoms with van der Waals surface area (Å²) in [5.41, 5.74) is 25.1. The van der Waals surface area contributed by atoms with Crippen LogP contribution in [-0.4, -0.2) is 0 Å². The number of furan rings is 2. The largest absolute Gasteiger partial charge is 0.455 e. The highest BCUT2D eigenvalue weighted by Crippen LogP contribution is 2.59. The number of rotatable bonds is 8. The van der Waals surface area contributed by atoms with E-state index in [-0.39, 0.29) is 0 Å². The van der Waals surface area contributed by atoms with Crippen molar-refractivity contribution in [2.24, 2.45) is 0 Å². The van der Waals surface area contributed by atoms with Gasteiger partial charge < -0.3 is 8.83 Å². The third kappa shape index (κ3) is 9.64. The number of benzene rings is 20. The van der Waals surface area contributed by atoms with Gasteiger partial charge in [-0.05, 0) is 197 Å². The van der Waals surface area contributed by atoms with E-state index in [1.54, 1.807) is 0 Å². The summed E-state index contributed by atoms with van der Waals surface area (Å²) in [4.78, 5) is 0. The van der Waals surface area contributed by atoms with E-state index in [9.17, 15) is 0 Å². The van der Waals surface area contributed by atoms with Gasteiger partial charge in [0.05, 0.1) is 5.41 Å². The minimum atomic E-state index is -0.498. The second-order valence-electron chi connectivity index (χ2n) is 29.8. The summed E-state index contributed by atoms with van der Waals surface area (Å²) >= 11 is 1.86. The number of para-hydroxylation sites is 2. The maximum Gasteiger partial charge on any atom is 0.143 e. The molecule has 0 unspecified atom stereocenters. The fraction of sp³-hybridized carbons (Fsp3) is 0.00917. The van der Waals surface area contributed by atoms with Crippen molar-refractivity contribution in [3.05, 3.63) is 423 Å². The van der Waals surface area contributed by atoms with Crippen LogP contribution in [0.2, 0.25) is 0 Å². The smallest absolute Gasteiger partial charge is 0.143 e. The highest BCUT2D eigenvalue weighted by atomic mass is 32.1. The minimum absolute atomic E-state index is 0.498. The molecule has 20 aromatic carbocycles. The van der Waals surface area contributed by atoms with Crippen molar-refractivity contribution < 1.29 is 8.83 Å². The van der Waals surface area contributed by atoms with Crippen molar-refractivity contribution in [3.63, 3.8) is 0 Å². The van der Waals surface area contributed by atoms with E-state index < -0.39 is 5.41 Å². The van der Waals surface area contributed by atoms with Crippen LogP contribution >= 0.6 is 11.3 Å². The maximum absolute atomic E-state index is 7.06. The Morgan fingerprint density at radius 1 is 0.205 bits per heavy atom. The number of fused-ring (bicyclic) bond motifs is 18. The first-order valence-corrected chi connectivity index (χ1v) is 39.4. The Morgan fingerprint density at radius 2 is 0.571 bits per heavy atom. The van der Waals surface area contributed by atoms with Crippen LogP contribution in [0.15, 0.2) is 409 Å². The normalized spacial score (nSPS) is 12.5. The molecule has 0 N–H and O–H groups in total. The van der Waals surface area contributed by atoms with Gasteiger partial charge in [0.2, 0.25) is 0 Å². The van der Waals surface area contributed by atoms with E-state index in [0.29, 0.717) is 0 Å². The van der Waals surface area contributed by atoms with Crippen LogP contribution < -0.4 is 0 Å². The highest BCUT2D eigenvalue weighted by molar-refractivity contribution is 7.26. The highest BCUT2D eigenvalue weighted by Gasteiger charge is 2.46. The molecule has 0 atom stereocenters. The van der Waals surface area contributed by atoms with Crippen molar-refractivity contribution in [2.45, 2.75) is 5.41 Å². The second kappa shape index (κ2) is 25.4. The summed E-state index contributed by atoms with van der Waals surface area (Å²) in [6, 6.07) is 147. The van der Waals surface area contributed by atoms with Crippen LogP contribution in [0.3, 0.4) is 0 Å². The maximum atomic E-state index is 7.06. The average molecular weight is 1440 g/mol. The molecule has 0 saturated heterocycles. The van der Waals surface area contributed by atoms with Crippen molar-refractivity contribution >= 4 is 140 Å². The molecule has 3 heteroatoms. The zero-order valence-corrected chi connectivity index (χ0v) is 61.6. The number of thiophene rings is 1. The van der Waals surface area contributed by atoms with Crippen molar-refractivity contribution in [2.75, 3.05) is 0 Å². The van der Waals surface area contributed by atoms with E-state index in [0.717, 1.165) is 60.6 Å². The third-order valence-electron chi connectivity index (χ3n) is 24.0. The zero-order valence-electron chi connectivity index (χ0n) is 60.8. The van der Waals surface area contributed by atoms with Crippen LogP contribution in [0.25, 0.3) is 207 Å². The molecule has 24 rings (SSSR count). The Hall–Kier alpha value is -14.2. The van der Waals surface area contributed by atoms with Gasteiger partial charge >= 0.3 is 0 Å². The summed E-state index contributed by atoms with van der Waals surface area (Å²) in [5, 5.41) is 22.0. The number of hydrogen-bond acceptors (Lipinski definition) is 3. The van der Waals surface area contributed by atoms with Gasteiger partial charge in [-0.1, -0.05) is 352 Å². The third-order valence-corrected chi connectivity index (χ3v) is 25.2. The van der Waals surface area contributed by atoms with Crippen molar-refractivity contribution in [3.8, 4) is 77.9 Å². The summed E-state index contributed by atoms with van der Waals surface area (Å²) in [6.45, 7) is 0. The molecule has 520 valence electrons. The lowest BCUT2D eigenvalue weighted by molar-refractivity contribution is 0.669. The minimum Gasteiger partial charge on any atom is -0.455 e. The van der Waals surface area contributed by atoms with E-state index in [1.165, 1.54) is 168 Å². The lowest BCUT2D eigenvalue weighted by Crippen LogP contribution is -2.28. The standard InChI is InChI=1S/C61H38O.C48H28OS/c1-3-19-43(20-4-1)61(44-21-5-2-6-22-44)54-29-15-13-23-46(54)47-34-33-41(38-55(47)61)45-35-36-53(59-52-28-14-16-30-56(52)62-60(45)59)58-50-26-11-9-24-48(50)57(49-25-10-12-27-51(49)58)42-32-31-39-17-7-8-18-40(39)37-42;1-2-13-30-28-31(25-24-29(30)12-1)44-33-15-3-5-17-35(33)45(36-18-6-4-16-34(36)44)41-27-26-37(47-46(41)40-19-7-9-22-42(40)49-47)39-21-11-20-38-32-14-8-10-23-43(32)50-48(38)39/h1-38H;1-28H. The molecule has 0 saturated carbocycles. The SMILES string of the molecule is c1ccc(C2(c3ccccc3)c3ccccc3-c3ccc(-c4ccc(-c5c6ccccc6c(-c6ccc7ccccc7c6)c6ccccc56)c5c4oc4ccccc45)cc32)cc1.c1ccc2cc(-c3c4ccccc4c(-c4ccc(-c5cccc6c5sc5ccccc56)c5oc6ccccc6c45)c4ccccc34)ccc2c1. The van der Waals surface area contributed by atoms with Gasteiger partial charge in [0.1, 0.15) is 22.3 Å². The lowest BCUT2D eigenvalue weighted by atomic mass is 9.67. The molecule has 2 nitrogen and oxygen atoms in total. The van der Waals surface area contributed by atoms with Crippen LogP contribution in [-0.2, 0) is 5.41 Å². The zero-order chi connectivity index (χ0) is 73.5. The topological polar surface area (TPSA) is 26.3 Å². The Labute approximate surface area is 650 Å². The molecule has 23 aromatic rings. The Balaban J connectivity index is 0.000000137. The molecule has 3 aromatic heterocycles. The van der Waals surface area contributed by atoms with Crippen LogP contribution in [0.1, 0.15) is 22.3 Å². The number of hydrogen-bond donors (Lipinski definition) is 0. The molecular formula is C109H66O2S. The summed E-state index contributed by atoms with van der Waals surface area (Å²) in [7, 11) is 0. The second-order valence-corrected chi connectivity index (χ2v) is 30.9. The van der Waals surface area contributed by atoms with Gasteiger partial charge in [-0.15, -0.1) is 11.3 Å². The first kappa shape index (κ1) is 63.8. The molecular weight excluding hydrogens is 1370 g/mol.